The maximum atomic E-state index is 9.27. The van der Waals surface area contributed by atoms with Crippen LogP contribution in [0.15, 0.2) is 0 Å². The van der Waals surface area contributed by atoms with Crippen LogP contribution in [0.3, 0.4) is 0 Å². The molecule has 0 radical (unpaired) electrons. The highest BCUT2D eigenvalue weighted by molar-refractivity contribution is 4.88. The van der Waals surface area contributed by atoms with E-state index in [-0.39, 0.29) is 0 Å². The van der Waals surface area contributed by atoms with Gasteiger partial charge in [0.15, 0.2) is 0 Å². The first-order chi connectivity index (χ1) is 7.33. The van der Waals surface area contributed by atoms with Gasteiger partial charge >= 0.3 is 0 Å². The van der Waals surface area contributed by atoms with Crippen LogP contribution in [0, 0.1) is 11.8 Å². The molecule has 2 aliphatic carbocycles. The normalized spacial score (nSPS) is 41.2. The minimum Gasteiger partial charge on any atom is -0.396 e. The summed E-state index contributed by atoms with van der Waals surface area (Å²) >= 11 is 0. The minimum absolute atomic E-state index is 0.377. The van der Waals surface area contributed by atoms with Crippen molar-refractivity contribution in [3.05, 3.63) is 0 Å². The van der Waals surface area contributed by atoms with Crippen LogP contribution in [0.2, 0.25) is 0 Å². The van der Waals surface area contributed by atoms with E-state index in [1.807, 2.05) is 0 Å². The summed E-state index contributed by atoms with van der Waals surface area (Å²) in [4.78, 5) is 0. The SMILES string of the molecule is CCC1CCC(NC2CCCC2CO)C1. The topological polar surface area (TPSA) is 32.3 Å². The van der Waals surface area contributed by atoms with Crippen molar-refractivity contribution in [2.45, 2.75) is 64.0 Å². The zero-order valence-corrected chi connectivity index (χ0v) is 9.91. The first kappa shape index (κ1) is 11.4. The molecule has 2 nitrogen and oxygen atoms in total. The lowest BCUT2D eigenvalue weighted by atomic mass is 10.0. The first-order valence-electron chi connectivity index (χ1n) is 6.70. The smallest absolute Gasteiger partial charge is 0.0474 e. The standard InChI is InChI=1S/C13H25NO/c1-2-10-6-7-12(8-10)14-13-5-3-4-11(13)9-15/h10-15H,2-9H2,1H3. The van der Waals surface area contributed by atoms with E-state index in [2.05, 4.69) is 12.2 Å². The third-order valence-corrected chi connectivity index (χ3v) is 4.46. The van der Waals surface area contributed by atoms with Crippen LogP contribution < -0.4 is 5.32 Å². The van der Waals surface area contributed by atoms with Crippen LogP contribution in [0.5, 0.6) is 0 Å². The fraction of sp³-hybridized carbons (Fsp3) is 1.00. The molecule has 0 aromatic heterocycles. The Hall–Kier alpha value is -0.0800. The molecular formula is C13H25NO. The summed E-state index contributed by atoms with van der Waals surface area (Å²) in [5.74, 6) is 1.49. The molecule has 2 rings (SSSR count). The summed E-state index contributed by atoms with van der Waals surface area (Å²) in [6.45, 7) is 2.68. The van der Waals surface area contributed by atoms with Gasteiger partial charge in [-0.2, -0.15) is 0 Å². The zero-order valence-electron chi connectivity index (χ0n) is 9.91. The second-order valence-electron chi connectivity index (χ2n) is 5.43. The molecular weight excluding hydrogens is 186 g/mol. The average Bonchev–Trinajstić information content (AvgIpc) is 2.87. The molecule has 2 heteroatoms. The molecule has 0 spiro atoms. The lowest BCUT2D eigenvalue weighted by molar-refractivity contribution is 0.199. The van der Waals surface area contributed by atoms with E-state index in [1.165, 1.54) is 44.9 Å². The number of aliphatic hydroxyl groups excluding tert-OH is 1. The van der Waals surface area contributed by atoms with Crippen molar-refractivity contribution >= 4 is 0 Å². The van der Waals surface area contributed by atoms with Crippen molar-refractivity contribution < 1.29 is 5.11 Å². The molecule has 2 N–H and O–H groups in total. The van der Waals surface area contributed by atoms with Gasteiger partial charge < -0.3 is 10.4 Å². The Morgan fingerprint density at radius 2 is 2.07 bits per heavy atom. The highest BCUT2D eigenvalue weighted by Crippen LogP contribution is 2.31. The lowest BCUT2D eigenvalue weighted by Gasteiger charge is -2.23. The molecule has 0 saturated heterocycles. The second-order valence-corrected chi connectivity index (χ2v) is 5.43. The van der Waals surface area contributed by atoms with Crippen molar-refractivity contribution in [1.29, 1.82) is 0 Å². The van der Waals surface area contributed by atoms with Crippen molar-refractivity contribution in [3.8, 4) is 0 Å². The average molecular weight is 211 g/mol. The summed E-state index contributed by atoms with van der Waals surface area (Å²) in [5, 5.41) is 13.1. The molecule has 2 fully saturated rings. The maximum Gasteiger partial charge on any atom is 0.0474 e. The van der Waals surface area contributed by atoms with Crippen molar-refractivity contribution in [1.82, 2.24) is 5.32 Å². The Labute approximate surface area is 93.5 Å². The number of hydrogen-bond donors (Lipinski definition) is 2. The first-order valence-corrected chi connectivity index (χ1v) is 6.70. The number of hydrogen-bond acceptors (Lipinski definition) is 2. The molecule has 0 aliphatic heterocycles. The van der Waals surface area contributed by atoms with E-state index in [0.29, 0.717) is 18.6 Å². The second kappa shape index (κ2) is 5.31. The minimum atomic E-state index is 0.377. The van der Waals surface area contributed by atoms with Gasteiger partial charge in [-0.05, 0) is 43.9 Å². The molecule has 15 heavy (non-hydrogen) atoms. The van der Waals surface area contributed by atoms with Crippen LogP contribution in [-0.4, -0.2) is 23.8 Å². The Bertz CT molecular complexity index is 195. The van der Waals surface area contributed by atoms with Crippen LogP contribution in [0.4, 0.5) is 0 Å². The number of rotatable bonds is 4. The van der Waals surface area contributed by atoms with Crippen LogP contribution >= 0.6 is 0 Å². The van der Waals surface area contributed by atoms with Crippen LogP contribution in [0.1, 0.15) is 51.9 Å². The highest BCUT2D eigenvalue weighted by atomic mass is 16.3. The molecule has 4 unspecified atom stereocenters. The van der Waals surface area contributed by atoms with E-state index in [4.69, 9.17) is 0 Å². The lowest BCUT2D eigenvalue weighted by Crippen LogP contribution is -2.40. The van der Waals surface area contributed by atoms with Crippen LogP contribution in [0.25, 0.3) is 0 Å². The summed E-state index contributed by atoms with van der Waals surface area (Å²) in [7, 11) is 0. The molecule has 0 aromatic rings. The van der Waals surface area contributed by atoms with E-state index in [1.54, 1.807) is 0 Å². The van der Waals surface area contributed by atoms with E-state index in [0.717, 1.165) is 12.0 Å². The fourth-order valence-corrected chi connectivity index (χ4v) is 3.37. The fourth-order valence-electron chi connectivity index (χ4n) is 3.37. The Morgan fingerprint density at radius 3 is 2.73 bits per heavy atom. The number of nitrogens with one attached hydrogen (secondary N) is 1. The Kier molecular flexibility index (Phi) is 4.04. The molecule has 0 aromatic carbocycles. The van der Waals surface area contributed by atoms with E-state index < -0.39 is 0 Å². The quantitative estimate of drug-likeness (QED) is 0.748. The van der Waals surface area contributed by atoms with Gasteiger partial charge in [-0.15, -0.1) is 0 Å². The zero-order chi connectivity index (χ0) is 10.7. The van der Waals surface area contributed by atoms with Gasteiger partial charge in [0, 0.05) is 18.7 Å². The molecule has 4 atom stereocenters. The summed E-state index contributed by atoms with van der Waals surface area (Å²) in [6, 6.07) is 1.35. The Morgan fingerprint density at radius 1 is 1.20 bits per heavy atom. The predicted octanol–water partition coefficient (Wildman–Crippen LogP) is 2.32. The molecule has 0 bridgehead atoms. The third kappa shape index (κ3) is 2.73. The predicted molar refractivity (Wildman–Crippen MR) is 62.8 cm³/mol. The van der Waals surface area contributed by atoms with E-state index >= 15 is 0 Å². The van der Waals surface area contributed by atoms with Gasteiger partial charge in [0.2, 0.25) is 0 Å². The third-order valence-electron chi connectivity index (χ3n) is 4.46. The van der Waals surface area contributed by atoms with Gasteiger partial charge in [-0.25, -0.2) is 0 Å². The van der Waals surface area contributed by atoms with Gasteiger partial charge in [-0.1, -0.05) is 19.8 Å². The molecule has 0 heterocycles. The van der Waals surface area contributed by atoms with Crippen LogP contribution in [-0.2, 0) is 0 Å². The van der Waals surface area contributed by atoms with Gasteiger partial charge in [0.25, 0.3) is 0 Å². The van der Waals surface area contributed by atoms with Crippen molar-refractivity contribution in [3.63, 3.8) is 0 Å². The van der Waals surface area contributed by atoms with Crippen molar-refractivity contribution in [2.75, 3.05) is 6.61 Å². The Balaban J connectivity index is 1.77. The van der Waals surface area contributed by atoms with Gasteiger partial charge in [0.1, 0.15) is 0 Å². The molecule has 2 saturated carbocycles. The maximum absolute atomic E-state index is 9.27. The van der Waals surface area contributed by atoms with Crippen molar-refractivity contribution in [2.24, 2.45) is 11.8 Å². The van der Waals surface area contributed by atoms with Gasteiger partial charge in [0.05, 0.1) is 0 Å². The summed E-state index contributed by atoms with van der Waals surface area (Å²) in [6.07, 6.45) is 9.26. The summed E-state index contributed by atoms with van der Waals surface area (Å²) < 4.78 is 0. The summed E-state index contributed by atoms with van der Waals surface area (Å²) in [5.41, 5.74) is 0. The highest BCUT2D eigenvalue weighted by Gasteiger charge is 2.31. The largest absolute Gasteiger partial charge is 0.396 e. The molecule has 0 amide bonds. The molecule has 88 valence electrons. The van der Waals surface area contributed by atoms with E-state index in [9.17, 15) is 5.11 Å². The monoisotopic (exact) mass is 211 g/mol. The number of aliphatic hydroxyl groups is 1. The van der Waals surface area contributed by atoms with Gasteiger partial charge in [-0.3, -0.25) is 0 Å². The molecule has 2 aliphatic rings.